The summed E-state index contributed by atoms with van der Waals surface area (Å²) in [6.07, 6.45) is 43.2. The molecular formula is C40H80O2. The number of unbranched alkanes of at least 4 members (excludes halogenated alkanes) is 25. The molecule has 0 saturated carbocycles. The van der Waals surface area contributed by atoms with Gasteiger partial charge in [-0.05, 0) is 25.7 Å². The molecule has 42 heavy (non-hydrogen) atoms. The topological polar surface area (TPSA) is 26.3 Å². The van der Waals surface area contributed by atoms with Crippen LogP contribution in [-0.4, -0.2) is 12.6 Å². The summed E-state index contributed by atoms with van der Waals surface area (Å²) in [6, 6.07) is 0. The Labute approximate surface area is 266 Å². The Hall–Kier alpha value is -0.530. The van der Waals surface area contributed by atoms with Crippen LogP contribution in [0.5, 0.6) is 0 Å². The minimum absolute atomic E-state index is 0.0733. The van der Waals surface area contributed by atoms with Crippen LogP contribution >= 0.6 is 0 Å². The third kappa shape index (κ3) is 28.3. The quantitative estimate of drug-likeness (QED) is 0.0540. The number of rotatable bonds is 35. The molecule has 0 aromatic rings. The molecule has 0 heterocycles. The van der Waals surface area contributed by atoms with E-state index in [-0.39, 0.29) is 11.4 Å². The molecule has 252 valence electrons. The maximum absolute atomic E-state index is 12.9. The first-order valence-corrected chi connectivity index (χ1v) is 19.8. The smallest absolute Gasteiger partial charge is 0.305 e. The molecule has 0 atom stereocenters. The molecule has 0 unspecified atom stereocenters. The zero-order valence-electron chi connectivity index (χ0n) is 29.9. The molecule has 0 aliphatic heterocycles. The van der Waals surface area contributed by atoms with Gasteiger partial charge in [0, 0.05) is 11.8 Å². The van der Waals surface area contributed by atoms with Crippen LogP contribution in [0.3, 0.4) is 0 Å². The average Bonchev–Trinajstić information content (AvgIpc) is 3.00. The Morgan fingerprint density at radius 2 is 0.643 bits per heavy atom. The lowest BCUT2D eigenvalue weighted by Gasteiger charge is -2.34. The number of carbonyl (C=O) groups is 1. The first-order valence-electron chi connectivity index (χ1n) is 19.8. The van der Waals surface area contributed by atoms with Crippen molar-refractivity contribution < 1.29 is 9.53 Å². The molecule has 2 nitrogen and oxygen atoms in total. The van der Waals surface area contributed by atoms with Gasteiger partial charge < -0.3 is 4.74 Å². The highest BCUT2D eigenvalue weighted by Gasteiger charge is 2.30. The van der Waals surface area contributed by atoms with Gasteiger partial charge in [-0.25, -0.2) is 0 Å². The van der Waals surface area contributed by atoms with Gasteiger partial charge in [-0.2, -0.15) is 0 Å². The Morgan fingerprint density at radius 3 is 0.952 bits per heavy atom. The molecule has 0 spiro atoms. The maximum Gasteiger partial charge on any atom is 0.305 e. The molecule has 0 aliphatic rings. The van der Waals surface area contributed by atoms with Crippen molar-refractivity contribution in [3.8, 4) is 0 Å². The maximum atomic E-state index is 12.9. The standard InChI is InChI=1S/C40H80O2/c1-5-9-13-17-21-23-24-26-30-34-39(41)42-38-40(35-31-27-19-15-11-7-3,36-32-28-20-16-12-8-4)37-33-29-25-22-18-14-10-6-2/h5-38H2,1-4H3. The van der Waals surface area contributed by atoms with Crippen LogP contribution in [0.1, 0.15) is 240 Å². The highest BCUT2D eigenvalue weighted by molar-refractivity contribution is 5.69. The van der Waals surface area contributed by atoms with Gasteiger partial charge in [0.15, 0.2) is 0 Å². The Kier molecular flexibility index (Phi) is 32.9. The van der Waals surface area contributed by atoms with E-state index < -0.39 is 0 Å². The summed E-state index contributed by atoms with van der Waals surface area (Å²) < 4.78 is 6.15. The van der Waals surface area contributed by atoms with Crippen molar-refractivity contribution in [2.24, 2.45) is 5.41 Å². The molecular weight excluding hydrogens is 512 g/mol. The van der Waals surface area contributed by atoms with E-state index in [4.69, 9.17) is 4.74 Å². The molecule has 0 aromatic carbocycles. The molecule has 2 heteroatoms. The summed E-state index contributed by atoms with van der Waals surface area (Å²) in [4.78, 5) is 12.9. The van der Waals surface area contributed by atoms with E-state index in [1.807, 2.05) is 0 Å². The molecule has 0 fully saturated rings. The van der Waals surface area contributed by atoms with Crippen molar-refractivity contribution >= 4 is 5.97 Å². The van der Waals surface area contributed by atoms with Crippen molar-refractivity contribution in [3.63, 3.8) is 0 Å². The molecule has 0 N–H and O–H groups in total. The summed E-state index contributed by atoms with van der Waals surface area (Å²) in [7, 11) is 0. The van der Waals surface area contributed by atoms with E-state index in [0.29, 0.717) is 13.0 Å². The minimum atomic E-state index is 0.0733. The zero-order chi connectivity index (χ0) is 30.8. The van der Waals surface area contributed by atoms with Gasteiger partial charge in [-0.3, -0.25) is 4.79 Å². The number of carbonyl (C=O) groups excluding carboxylic acids is 1. The Bertz CT molecular complexity index is 512. The fourth-order valence-corrected chi connectivity index (χ4v) is 6.67. The summed E-state index contributed by atoms with van der Waals surface area (Å²) in [5.41, 5.74) is 0.214. The van der Waals surface area contributed by atoms with Crippen molar-refractivity contribution in [2.45, 2.75) is 240 Å². The van der Waals surface area contributed by atoms with Gasteiger partial charge in [-0.1, -0.05) is 207 Å². The highest BCUT2D eigenvalue weighted by atomic mass is 16.5. The lowest BCUT2D eigenvalue weighted by molar-refractivity contribution is -0.148. The summed E-state index contributed by atoms with van der Waals surface area (Å²) in [5, 5.41) is 0. The van der Waals surface area contributed by atoms with Crippen LogP contribution in [0.2, 0.25) is 0 Å². The average molecular weight is 593 g/mol. The van der Waals surface area contributed by atoms with Crippen molar-refractivity contribution in [3.05, 3.63) is 0 Å². The predicted molar refractivity (Wildman–Crippen MR) is 188 cm³/mol. The van der Waals surface area contributed by atoms with Crippen molar-refractivity contribution in [1.82, 2.24) is 0 Å². The van der Waals surface area contributed by atoms with Crippen LogP contribution in [0.15, 0.2) is 0 Å². The van der Waals surface area contributed by atoms with E-state index >= 15 is 0 Å². The molecule has 0 amide bonds. The van der Waals surface area contributed by atoms with Crippen LogP contribution in [0, 0.1) is 5.41 Å². The van der Waals surface area contributed by atoms with Gasteiger partial charge in [-0.15, -0.1) is 0 Å². The van der Waals surface area contributed by atoms with Gasteiger partial charge in [0.25, 0.3) is 0 Å². The molecule has 0 bridgehead atoms. The van der Waals surface area contributed by atoms with E-state index in [1.54, 1.807) is 0 Å². The van der Waals surface area contributed by atoms with Crippen LogP contribution in [0.25, 0.3) is 0 Å². The minimum Gasteiger partial charge on any atom is -0.465 e. The molecule has 0 rings (SSSR count). The second-order valence-electron chi connectivity index (χ2n) is 14.0. The van der Waals surface area contributed by atoms with E-state index in [2.05, 4.69) is 27.7 Å². The van der Waals surface area contributed by atoms with E-state index in [1.165, 1.54) is 199 Å². The normalized spacial score (nSPS) is 11.8. The Balaban J connectivity index is 4.84. The fraction of sp³-hybridized carbons (Fsp3) is 0.975. The van der Waals surface area contributed by atoms with Gasteiger partial charge in [0.1, 0.15) is 0 Å². The first-order chi connectivity index (χ1) is 20.6. The number of esters is 1. The summed E-state index contributed by atoms with van der Waals surface area (Å²) >= 11 is 0. The third-order valence-electron chi connectivity index (χ3n) is 9.71. The van der Waals surface area contributed by atoms with Crippen molar-refractivity contribution in [2.75, 3.05) is 6.61 Å². The lowest BCUT2D eigenvalue weighted by atomic mass is 9.74. The van der Waals surface area contributed by atoms with Gasteiger partial charge >= 0.3 is 5.97 Å². The number of hydrogen-bond donors (Lipinski definition) is 0. The molecule has 0 aliphatic carbocycles. The highest BCUT2D eigenvalue weighted by Crippen LogP contribution is 2.38. The molecule has 0 aromatic heterocycles. The van der Waals surface area contributed by atoms with E-state index in [0.717, 1.165) is 6.42 Å². The number of ether oxygens (including phenoxy) is 1. The summed E-state index contributed by atoms with van der Waals surface area (Å²) in [5.74, 6) is 0.0733. The second-order valence-corrected chi connectivity index (χ2v) is 14.0. The second kappa shape index (κ2) is 33.4. The van der Waals surface area contributed by atoms with Gasteiger partial charge in [0.05, 0.1) is 6.61 Å². The zero-order valence-corrected chi connectivity index (χ0v) is 29.9. The van der Waals surface area contributed by atoms with E-state index in [9.17, 15) is 4.79 Å². The largest absolute Gasteiger partial charge is 0.465 e. The number of hydrogen-bond acceptors (Lipinski definition) is 2. The van der Waals surface area contributed by atoms with Crippen LogP contribution < -0.4 is 0 Å². The lowest BCUT2D eigenvalue weighted by Crippen LogP contribution is -2.29. The summed E-state index contributed by atoms with van der Waals surface area (Å²) in [6.45, 7) is 9.87. The Morgan fingerprint density at radius 1 is 0.381 bits per heavy atom. The monoisotopic (exact) mass is 593 g/mol. The first kappa shape index (κ1) is 41.5. The van der Waals surface area contributed by atoms with Crippen LogP contribution in [-0.2, 0) is 9.53 Å². The van der Waals surface area contributed by atoms with Crippen molar-refractivity contribution in [1.29, 1.82) is 0 Å². The predicted octanol–water partition coefficient (Wildman–Crippen LogP) is 14.5. The SMILES string of the molecule is CCCCCCCCCCCC(=O)OCC(CCCCCCCC)(CCCCCCCC)CCCCCCCCCC. The fourth-order valence-electron chi connectivity index (χ4n) is 6.67. The van der Waals surface area contributed by atoms with Crippen LogP contribution in [0.4, 0.5) is 0 Å². The van der Waals surface area contributed by atoms with Gasteiger partial charge in [0.2, 0.25) is 0 Å². The third-order valence-corrected chi connectivity index (χ3v) is 9.71. The molecule has 0 saturated heterocycles. The molecule has 0 radical (unpaired) electrons.